The van der Waals surface area contributed by atoms with E-state index in [4.69, 9.17) is 23.2 Å². The van der Waals surface area contributed by atoms with Gasteiger partial charge in [0.25, 0.3) is 0 Å². The summed E-state index contributed by atoms with van der Waals surface area (Å²) in [6, 6.07) is 6.51. The molecule has 1 heterocycles. The van der Waals surface area contributed by atoms with E-state index in [1.54, 1.807) is 24.3 Å². The fourth-order valence-electron chi connectivity index (χ4n) is 1.20. The Morgan fingerprint density at radius 1 is 1.35 bits per heavy atom. The van der Waals surface area contributed by atoms with E-state index >= 15 is 0 Å². The largest absolute Gasteiger partial charge is 0.347 e. The van der Waals surface area contributed by atoms with Crippen molar-refractivity contribution in [3.05, 3.63) is 45.2 Å². The third-order valence-electron chi connectivity index (χ3n) is 1.96. The Kier molecular flexibility index (Phi) is 3.21. The van der Waals surface area contributed by atoms with E-state index in [1.165, 1.54) is 4.68 Å². The molecule has 9 heteroatoms. The molecule has 1 aromatic heterocycles. The van der Waals surface area contributed by atoms with E-state index < -0.39 is 10.4 Å². The number of nitro groups is 1. The van der Waals surface area contributed by atoms with Gasteiger partial charge in [0, 0.05) is 9.95 Å². The van der Waals surface area contributed by atoms with Crippen molar-refractivity contribution in [1.82, 2.24) is 20.2 Å². The molecular weight excluding hydrogens is 269 g/mol. The maximum atomic E-state index is 10.6. The number of halogens is 2. The van der Waals surface area contributed by atoms with Gasteiger partial charge in [-0.25, -0.2) is 0 Å². The Hall–Kier alpha value is -1.73. The fraction of sp³-hybridized carbons (Fsp3) is 0.125. The molecule has 0 aliphatic carbocycles. The van der Waals surface area contributed by atoms with Crippen molar-refractivity contribution in [2.75, 3.05) is 0 Å². The first kappa shape index (κ1) is 11.7. The Morgan fingerprint density at radius 3 is 2.59 bits per heavy atom. The maximum Gasteiger partial charge on any atom is 0.347 e. The second-order valence-corrected chi connectivity index (χ2v) is 3.90. The van der Waals surface area contributed by atoms with Gasteiger partial charge >= 0.3 is 5.50 Å². The highest BCUT2D eigenvalue weighted by atomic mass is 35.5. The standard InChI is InChI=1S/C8H5Cl2N5O2/c9-5-1-3-6(4-2-5)14-8(11-12-13-14)7(10)15(16)17/h1-4,7H. The van der Waals surface area contributed by atoms with Crippen LogP contribution in [0.25, 0.3) is 5.69 Å². The van der Waals surface area contributed by atoms with Crippen molar-refractivity contribution in [1.29, 1.82) is 0 Å². The van der Waals surface area contributed by atoms with Gasteiger partial charge in [-0.15, -0.1) is 5.10 Å². The molecule has 0 aliphatic heterocycles. The van der Waals surface area contributed by atoms with E-state index in [0.717, 1.165) is 0 Å². The van der Waals surface area contributed by atoms with E-state index in [-0.39, 0.29) is 5.82 Å². The van der Waals surface area contributed by atoms with Crippen LogP contribution in [0.2, 0.25) is 5.02 Å². The number of benzene rings is 1. The Balaban J connectivity index is 2.43. The number of hydrogen-bond donors (Lipinski definition) is 0. The molecular formula is C8H5Cl2N5O2. The molecule has 0 N–H and O–H groups in total. The van der Waals surface area contributed by atoms with Crippen molar-refractivity contribution in [3.63, 3.8) is 0 Å². The van der Waals surface area contributed by atoms with Crippen LogP contribution in [0.4, 0.5) is 0 Å². The molecule has 2 rings (SSSR count). The predicted molar refractivity (Wildman–Crippen MR) is 59.8 cm³/mol. The summed E-state index contributed by atoms with van der Waals surface area (Å²) < 4.78 is 1.19. The van der Waals surface area contributed by atoms with Crippen LogP contribution < -0.4 is 0 Å². The number of aromatic nitrogens is 4. The average molecular weight is 274 g/mol. The molecule has 0 aliphatic rings. The monoisotopic (exact) mass is 273 g/mol. The summed E-state index contributed by atoms with van der Waals surface area (Å²) in [7, 11) is 0. The van der Waals surface area contributed by atoms with Crippen LogP contribution in [0.1, 0.15) is 11.3 Å². The molecule has 0 spiro atoms. The van der Waals surface area contributed by atoms with Crippen molar-refractivity contribution in [2.24, 2.45) is 0 Å². The molecule has 2 aromatic rings. The second kappa shape index (κ2) is 4.64. The van der Waals surface area contributed by atoms with E-state index in [0.29, 0.717) is 10.7 Å². The summed E-state index contributed by atoms with van der Waals surface area (Å²) in [6.07, 6.45) is 0. The lowest BCUT2D eigenvalue weighted by Gasteiger charge is -2.04. The minimum absolute atomic E-state index is 0.0565. The minimum Gasteiger partial charge on any atom is -0.262 e. The number of alkyl halides is 1. The normalized spacial score (nSPS) is 12.4. The van der Waals surface area contributed by atoms with Crippen LogP contribution in [0.3, 0.4) is 0 Å². The number of rotatable bonds is 3. The van der Waals surface area contributed by atoms with Gasteiger partial charge in [-0.2, -0.15) is 4.68 Å². The minimum atomic E-state index is -1.50. The Labute approximate surface area is 105 Å². The van der Waals surface area contributed by atoms with Crippen LogP contribution in [-0.2, 0) is 0 Å². The maximum absolute atomic E-state index is 10.6. The van der Waals surface area contributed by atoms with Gasteiger partial charge in [-0.3, -0.25) is 10.1 Å². The van der Waals surface area contributed by atoms with E-state index in [1.807, 2.05) is 0 Å². The molecule has 0 radical (unpaired) electrons. The van der Waals surface area contributed by atoms with Gasteiger partial charge < -0.3 is 0 Å². The van der Waals surface area contributed by atoms with E-state index in [9.17, 15) is 10.1 Å². The fourth-order valence-corrected chi connectivity index (χ4v) is 1.47. The number of hydrogen-bond acceptors (Lipinski definition) is 5. The van der Waals surface area contributed by atoms with Crippen LogP contribution >= 0.6 is 23.2 Å². The predicted octanol–water partition coefficient (Wildman–Crippen LogP) is 1.83. The molecule has 1 aromatic carbocycles. The van der Waals surface area contributed by atoms with Gasteiger partial charge in [0.15, 0.2) is 0 Å². The SMILES string of the molecule is O=[N+]([O-])C(Cl)c1nnnn1-c1ccc(Cl)cc1. The highest BCUT2D eigenvalue weighted by Crippen LogP contribution is 2.21. The first-order chi connectivity index (χ1) is 8.09. The molecule has 88 valence electrons. The van der Waals surface area contributed by atoms with Crippen LogP contribution in [0, 0.1) is 10.1 Å². The quantitative estimate of drug-likeness (QED) is 0.369. The molecule has 1 unspecified atom stereocenters. The van der Waals surface area contributed by atoms with Crippen molar-refractivity contribution < 1.29 is 4.92 Å². The highest BCUT2D eigenvalue weighted by molar-refractivity contribution is 6.30. The molecule has 0 saturated carbocycles. The summed E-state index contributed by atoms with van der Waals surface area (Å²) in [6.45, 7) is 0. The van der Waals surface area contributed by atoms with Crippen molar-refractivity contribution in [2.45, 2.75) is 5.50 Å². The third-order valence-corrected chi connectivity index (χ3v) is 2.57. The van der Waals surface area contributed by atoms with Crippen molar-refractivity contribution in [3.8, 4) is 5.69 Å². The van der Waals surface area contributed by atoms with Gasteiger partial charge in [0.05, 0.1) is 5.69 Å². The van der Waals surface area contributed by atoms with Crippen LogP contribution in [0.5, 0.6) is 0 Å². The summed E-state index contributed by atoms with van der Waals surface area (Å²) in [4.78, 5) is 9.90. The van der Waals surface area contributed by atoms with Gasteiger partial charge in [-0.05, 0) is 46.3 Å². The molecule has 0 bridgehead atoms. The van der Waals surface area contributed by atoms with Gasteiger partial charge in [0.1, 0.15) is 0 Å². The topological polar surface area (TPSA) is 86.7 Å². The summed E-state index contributed by atoms with van der Waals surface area (Å²) in [5.74, 6) is -0.0565. The van der Waals surface area contributed by atoms with E-state index in [2.05, 4.69) is 15.5 Å². The zero-order valence-corrected chi connectivity index (χ0v) is 9.71. The number of nitrogens with zero attached hydrogens (tertiary/aromatic N) is 5. The lowest BCUT2D eigenvalue weighted by Crippen LogP contribution is -2.11. The van der Waals surface area contributed by atoms with Crippen molar-refractivity contribution >= 4 is 23.2 Å². The Morgan fingerprint density at radius 2 is 2.00 bits per heavy atom. The second-order valence-electron chi connectivity index (χ2n) is 3.05. The summed E-state index contributed by atoms with van der Waals surface area (Å²) in [5.41, 5.74) is -0.956. The first-order valence-electron chi connectivity index (χ1n) is 4.41. The number of tetrazole rings is 1. The van der Waals surface area contributed by atoms with Gasteiger partial charge in [-0.1, -0.05) is 11.6 Å². The lowest BCUT2D eigenvalue weighted by molar-refractivity contribution is -0.505. The molecule has 0 fully saturated rings. The summed E-state index contributed by atoms with van der Waals surface area (Å²) in [5, 5.41) is 21.7. The first-order valence-corrected chi connectivity index (χ1v) is 5.23. The highest BCUT2D eigenvalue weighted by Gasteiger charge is 2.27. The smallest absolute Gasteiger partial charge is 0.262 e. The molecule has 7 nitrogen and oxygen atoms in total. The van der Waals surface area contributed by atoms with Crippen LogP contribution in [-0.4, -0.2) is 25.1 Å². The lowest BCUT2D eigenvalue weighted by atomic mass is 10.3. The summed E-state index contributed by atoms with van der Waals surface area (Å²) >= 11 is 11.3. The Bertz CT molecular complexity index is 541. The molecule has 17 heavy (non-hydrogen) atoms. The third kappa shape index (κ3) is 2.34. The van der Waals surface area contributed by atoms with Gasteiger partial charge in [0.2, 0.25) is 5.82 Å². The zero-order valence-electron chi connectivity index (χ0n) is 8.20. The average Bonchev–Trinajstić information content (AvgIpc) is 2.77. The molecule has 1 atom stereocenters. The molecule has 0 saturated heterocycles. The van der Waals surface area contributed by atoms with Crippen LogP contribution in [0.15, 0.2) is 24.3 Å². The zero-order chi connectivity index (χ0) is 12.4. The molecule has 0 amide bonds.